The first kappa shape index (κ1) is 23.9. The molecule has 1 aliphatic heterocycles. The first-order chi connectivity index (χ1) is 16.7. The smallest absolute Gasteiger partial charge is 0.410 e. The van der Waals surface area contributed by atoms with Crippen LogP contribution in [0.4, 0.5) is 10.6 Å². The average molecular weight is 496 g/mol. The van der Waals surface area contributed by atoms with Crippen LogP contribution in [0.5, 0.6) is 0 Å². The molecule has 186 valence electrons. The Kier molecular flexibility index (Phi) is 6.38. The van der Waals surface area contributed by atoms with Crippen molar-refractivity contribution in [3.63, 3.8) is 0 Å². The fourth-order valence-corrected chi connectivity index (χ4v) is 5.61. The lowest BCUT2D eigenvalue weighted by atomic mass is 9.97. The normalized spacial score (nSPS) is 19.5. The van der Waals surface area contributed by atoms with Crippen molar-refractivity contribution in [2.75, 3.05) is 24.5 Å². The van der Waals surface area contributed by atoms with Crippen LogP contribution in [0.1, 0.15) is 64.9 Å². The first-order valence-electron chi connectivity index (χ1n) is 12.6. The van der Waals surface area contributed by atoms with Crippen molar-refractivity contribution in [1.29, 1.82) is 0 Å². The molecule has 1 aliphatic carbocycles. The Morgan fingerprint density at radius 3 is 2.60 bits per heavy atom. The van der Waals surface area contributed by atoms with Gasteiger partial charge in [-0.2, -0.15) is 0 Å². The number of ether oxygens (including phenoxy) is 1. The van der Waals surface area contributed by atoms with Gasteiger partial charge in [0.15, 0.2) is 0 Å². The maximum absolute atomic E-state index is 12.7. The van der Waals surface area contributed by atoms with Gasteiger partial charge in [-0.1, -0.05) is 30.5 Å². The Morgan fingerprint density at radius 2 is 1.91 bits per heavy atom. The van der Waals surface area contributed by atoms with Crippen LogP contribution in [0.15, 0.2) is 36.8 Å². The topological polar surface area (TPSA) is 63.5 Å². The molecule has 0 spiro atoms. The number of carbonyl (C=O) groups is 1. The van der Waals surface area contributed by atoms with E-state index in [1.807, 2.05) is 39.0 Å². The zero-order valence-corrected chi connectivity index (χ0v) is 21.8. The molecule has 1 aromatic carbocycles. The van der Waals surface area contributed by atoms with Crippen molar-refractivity contribution in [2.45, 2.75) is 70.9 Å². The van der Waals surface area contributed by atoms with Crippen LogP contribution in [0.25, 0.3) is 16.7 Å². The highest BCUT2D eigenvalue weighted by atomic mass is 35.5. The van der Waals surface area contributed by atoms with Gasteiger partial charge in [-0.25, -0.2) is 14.8 Å². The van der Waals surface area contributed by atoms with Gasteiger partial charge in [0.05, 0.1) is 5.39 Å². The summed E-state index contributed by atoms with van der Waals surface area (Å²) in [7, 11) is 0. The number of halogens is 1. The Hall–Kier alpha value is -2.80. The third kappa shape index (κ3) is 4.83. The molecule has 1 unspecified atom stereocenters. The van der Waals surface area contributed by atoms with E-state index in [-0.39, 0.29) is 12.1 Å². The predicted molar refractivity (Wildman–Crippen MR) is 140 cm³/mol. The van der Waals surface area contributed by atoms with Crippen LogP contribution in [0, 0.1) is 0 Å². The quantitative estimate of drug-likeness (QED) is 0.434. The van der Waals surface area contributed by atoms with Crippen LogP contribution in [-0.4, -0.2) is 56.8 Å². The Morgan fingerprint density at radius 1 is 1.14 bits per heavy atom. The van der Waals surface area contributed by atoms with Gasteiger partial charge in [-0.15, -0.1) is 0 Å². The van der Waals surface area contributed by atoms with E-state index in [4.69, 9.17) is 26.3 Å². The molecule has 2 aliphatic rings. The zero-order chi connectivity index (χ0) is 24.7. The summed E-state index contributed by atoms with van der Waals surface area (Å²) in [6, 6.07) is 8.00. The van der Waals surface area contributed by atoms with Gasteiger partial charge in [0.25, 0.3) is 0 Å². The number of amides is 1. The maximum atomic E-state index is 12.7. The van der Waals surface area contributed by atoms with Gasteiger partial charge >= 0.3 is 6.09 Å². The van der Waals surface area contributed by atoms with Crippen molar-refractivity contribution >= 4 is 34.5 Å². The highest BCUT2D eigenvalue weighted by molar-refractivity contribution is 6.30. The van der Waals surface area contributed by atoms with Crippen LogP contribution in [-0.2, 0) is 4.74 Å². The van der Waals surface area contributed by atoms with Crippen LogP contribution in [0.2, 0.25) is 5.02 Å². The second kappa shape index (κ2) is 9.34. The lowest BCUT2D eigenvalue weighted by molar-refractivity contribution is 0.0218. The number of hydrogen-bond donors (Lipinski definition) is 0. The van der Waals surface area contributed by atoms with E-state index < -0.39 is 5.60 Å². The van der Waals surface area contributed by atoms with E-state index in [9.17, 15) is 4.79 Å². The van der Waals surface area contributed by atoms with Crippen LogP contribution in [0.3, 0.4) is 0 Å². The van der Waals surface area contributed by atoms with Gasteiger partial charge < -0.3 is 19.1 Å². The summed E-state index contributed by atoms with van der Waals surface area (Å²) in [5.41, 5.74) is 2.71. The lowest BCUT2D eigenvalue weighted by Crippen LogP contribution is -2.54. The molecule has 2 aromatic heterocycles. The highest BCUT2D eigenvalue weighted by Crippen LogP contribution is 2.42. The Bertz CT molecular complexity index is 1230. The molecule has 2 fully saturated rings. The van der Waals surface area contributed by atoms with E-state index >= 15 is 0 Å². The minimum atomic E-state index is -0.504. The number of hydrogen-bond acceptors (Lipinski definition) is 5. The number of nitrogens with zero attached hydrogens (tertiary/aromatic N) is 5. The fraction of sp³-hybridized carbons (Fsp3) is 0.519. The molecule has 3 heterocycles. The van der Waals surface area contributed by atoms with E-state index in [0.29, 0.717) is 30.6 Å². The van der Waals surface area contributed by atoms with Gasteiger partial charge in [0.2, 0.25) is 0 Å². The van der Waals surface area contributed by atoms with E-state index in [1.54, 1.807) is 11.2 Å². The average Bonchev–Trinajstić information content (AvgIpc) is 3.46. The number of aromatic nitrogens is 3. The van der Waals surface area contributed by atoms with E-state index in [1.165, 1.54) is 31.2 Å². The van der Waals surface area contributed by atoms with Gasteiger partial charge in [-0.3, -0.25) is 0 Å². The maximum Gasteiger partial charge on any atom is 0.410 e. The van der Waals surface area contributed by atoms with Crippen molar-refractivity contribution in [3.05, 3.63) is 47.4 Å². The summed E-state index contributed by atoms with van der Waals surface area (Å²) in [4.78, 5) is 26.4. The monoisotopic (exact) mass is 495 g/mol. The summed E-state index contributed by atoms with van der Waals surface area (Å²) >= 11 is 6.33. The van der Waals surface area contributed by atoms with Gasteiger partial charge in [-0.05, 0) is 70.2 Å². The third-order valence-electron chi connectivity index (χ3n) is 7.02. The van der Waals surface area contributed by atoms with E-state index in [0.717, 1.165) is 22.5 Å². The highest BCUT2D eigenvalue weighted by Gasteiger charge is 2.33. The van der Waals surface area contributed by atoms with Crippen molar-refractivity contribution in [2.24, 2.45) is 0 Å². The molecule has 8 heteroatoms. The van der Waals surface area contributed by atoms with Crippen molar-refractivity contribution < 1.29 is 9.53 Å². The summed E-state index contributed by atoms with van der Waals surface area (Å²) < 4.78 is 7.77. The third-order valence-corrected chi connectivity index (χ3v) is 7.26. The minimum absolute atomic E-state index is 0.0975. The fourth-order valence-electron chi connectivity index (χ4n) is 5.42. The number of anilines is 1. The molecule has 3 aromatic rings. The summed E-state index contributed by atoms with van der Waals surface area (Å²) in [5.74, 6) is 1.45. The molecule has 35 heavy (non-hydrogen) atoms. The van der Waals surface area contributed by atoms with Gasteiger partial charge in [0.1, 0.15) is 23.4 Å². The molecule has 1 saturated carbocycles. The largest absolute Gasteiger partial charge is 0.444 e. The zero-order valence-electron chi connectivity index (χ0n) is 21.0. The van der Waals surface area contributed by atoms with Crippen LogP contribution >= 0.6 is 11.6 Å². The number of carbonyl (C=O) groups excluding carboxylic acids is 1. The van der Waals surface area contributed by atoms with Crippen LogP contribution < -0.4 is 4.90 Å². The SMILES string of the molecule is CC1CN(C(=O)OC(C)(C)C)CCN1c1ncnc2c1c(C1CCCC1)cn2-c1cccc(Cl)c1. The molecule has 1 saturated heterocycles. The molecule has 0 bridgehead atoms. The summed E-state index contributed by atoms with van der Waals surface area (Å²) in [6.07, 6.45) is 8.52. The summed E-state index contributed by atoms with van der Waals surface area (Å²) in [5, 5.41) is 1.82. The number of rotatable bonds is 3. The molecule has 1 atom stereocenters. The molecule has 0 radical (unpaired) electrons. The standard InChI is InChI=1S/C27H34ClN5O2/c1-18-15-31(26(34)35-27(2,3)4)12-13-32(18)24-23-22(19-8-5-6-9-19)16-33(25(23)30-17-29-24)21-11-7-10-20(28)14-21/h7,10-11,14,16-19H,5-6,8-9,12-13,15H2,1-4H3. The molecular weight excluding hydrogens is 462 g/mol. The molecule has 1 amide bonds. The first-order valence-corrected chi connectivity index (χ1v) is 13.0. The molecule has 7 nitrogen and oxygen atoms in total. The lowest BCUT2D eigenvalue weighted by Gasteiger charge is -2.41. The minimum Gasteiger partial charge on any atom is -0.444 e. The number of piperazine rings is 1. The number of fused-ring (bicyclic) bond motifs is 1. The van der Waals surface area contributed by atoms with Crippen molar-refractivity contribution in [3.8, 4) is 5.69 Å². The Balaban J connectivity index is 1.53. The second-order valence-corrected chi connectivity index (χ2v) is 11.2. The molecular formula is C27H34ClN5O2. The molecule has 0 N–H and O–H groups in total. The second-order valence-electron chi connectivity index (χ2n) is 10.8. The Labute approximate surface area is 212 Å². The number of benzene rings is 1. The summed E-state index contributed by atoms with van der Waals surface area (Å²) in [6.45, 7) is 9.73. The van der Waals surface area contributed by atoms with E-state index in [2.05, 4.69) is 28.7 Å². The van der Waals surface area contributed by atoms with Crippen molar-refractivity contribution in [1.82, 2.24) is 19.4 Å². The van der Waals surface area contributed by atoms with Gasteiger partial charge in [0, 0.05) is 42.6 Å². The molecule has 5 rings (SSSR count). The predicted octanol–water partition coefficient (Wildman–Crippen LogP) is 6.18.